The third-order valence-corrected chi connectivity index (χ3v) is 5.56. The van der Waals surface area contributed by atoms with Crippen molar-refractivity contribution >= 4 is 29.5 Å². The molecule has 1 saturated carbocycles. The van der Waals surface area contributed by atoms with Gasteiger partial charge in [-0.05, 0) is 30.6 Å². The van der Waals surface area contributed by atoms with Gasteiger partial charge in [0.15, 0.2) is 0 Å². The van der Waals surface area contributed by atoms with E-state index in [9.17, 15) is 32.8 Å². The topological polar surface area (TPSA) is 139 Å². The summed E-state index contributed by atoms with van der Waals surface area (Å²) in [5.74, 6) is -5.42. The Labute approximate surface area is 185 Å². The number of rotatable bonds is 13. The van der Waals surface area contributed by atoms with Gasteiger partial charge in [-0.2, -0.15) is 0 Å². The van der Waals surface area contributed by atoms with Gasteiger partial charge in [0.25, 0.3) is 5.78 Å². The molecule has 182 valence electrons. The monoisotopic (exact) mass is 462 g/mol. The molecule has 0 bridgehead atoms. The van der Waals surface area contributed by atoms with Crippen molar-refractivity contribution in [2.75, 3.05) is 7.11 Å². The standard InChI is InChI=1S/C21H32F2N2O7/c1-12(2)8-14(19(29)25-13(9-15(22)23)18(28)20(30)31)24-16(26)10-21(6-4-5-7-21)11-17(27)32-3/h12-15H,4-11H2,1-3H3,(H,24,26)(H,25,29)(H,30,31)/t13-,14-/m1/s1. The van der Waals surface area contributed by atoms with Crippen LogP contribution < -0.4 is 10.6 Å². The van der Waals surface area contributed by atoms with E-state index in [-0.39, 0.29) is 25.2 Å². The van der Waals surface area contributed by atoms with E-state index >= 15 is 0 Å². The molecule has 0 unspecified atom stereocenters. The molecule has 1 rings (SSSR count). The Morgan fingerprint density at radius 3 is 2.03 bits per heavy atom. The van der Waals surface area contributed by atoms with Crippen molar-refractivity contribution < 1.29 is 42.6 Å². The number of methoxy groups -OCH3 is 1. The molecule has 9 nitrogen and oxygen atoms in total. The highest BCUT2D eigenvalue weighted by Gasteiger charge is 2.39. The van der Waals surface area contributed by atoms with Gasteiger partial charge in [-0.1, -0.05) is 26.7 Å². The smallest absolute Gasteiger partial charge is 0.374 e. The number of halogens is 2. The van der Waals surface area contributed by atoms with Gasteiger partial charge in [0.1, 0.15) is 12.1 Å². The highest BCUT2D eigenvalue weighted by Crippen LogP contribution is 2.44. The number of nitrogens with one attached hydrogen (secondary N) is 2. The summed E-state index contributed by atoms with van der Waals surface area (Å²) in [5, 5.41) is 13.4. The predicted octanol–water partition coefficient (Wildman–Crippen LogP) is 1.82. The van der Waals surface area contributed by atoms with Crippen molar-refractivity contribution in [1.82, 2.24) is 10.6 Å². The molecule has 0 aromatic heterocycles. The number of carbonyl (C=O) groups excluding carboxylic acids is 4. The summed E-state index contributed by atoms with van der Waals surface area (Å²) in [6.45, 7) is 3.56. The number of ether oxygens (including phenoxy) is 1. The lowest BCUT2D eigenvalue weighted by molar-refractivity contribution is -0.151. The fraction of sp³-hybridized carbons (Fsp3) is 0.762. The second kappa shape index (κ2) is 12.4. The second-order valence-corrected chi connectivity index (χ2v) is 8.74. The molecule has 3 N–H and O–H groups in total. The fourth-order valence-electron chi connectivity index (χ4n) is 4.04. The van der Waals surface area contributed by atoms with E-state index < -0.39 is 59.9 Å². The number of carboxylic acids is 1. The Hall–Kier alpha value is -2.59. The van der Waals surface area contributed by atoms with Gasteiger partial charge in [0.05, 0.1) is 13.5 Å². The zero-order valence-electron chi connectivity index (χ0n) is 18.6. The van der Waals surface area contributed by atoms with Crippen LogP contribution in [0.3, 0.4) is 0 Å². The summed E-state index contributed by atoms with van der Waals surface area (Å²) in [7, 11) is 1.27. The zero-order valence-corrected chi connectivity index (χ0v) is 18.6. The van der Waals surface area contributed by atoms with Crippen molar-refractivity contribution in [3.63, 3.8) is 0 Å². The quantitative estimate of drug-likeness (QED) is 0.280. The maximum absolute atomic E-state index is 12.8. The summed E-state index contributed by atoms with van der Waals surface area (Å²) in [5.41, 5.74) is -0.576. The number of ketones is 1. The van der Waals surface area contributed by atoms with E-state index in [2.05, 4.69) is 5.32 Å². The van der Waals surface area contributed by atoms with Gasteiger partial charge in [0, 0.05) is 12.8 Å². The molecule has 0 spiro atoms. The van der Waals surface area contributed by atoms with Crippen LogP contribution >= 0.6 is 0 Å². The molecule has 1 aliphatic rings. The summed E-state index contributed by atoms with van der Waals surface area (Å²) < 4.78 is 30.3. The van der Waals surface area contributed by atoms with E-state index in [4.69, 9.17) is 9.84 Å². The first-order valence-corrected chi connectivity index (χ1v) is 10.6. The molecule has 0 saturated heterocycles. The lowest BCUT2D eigenvalue weighted by atomic mass is 9.79. The lowest BCUT2D eigenvalue weighted by Gasteiger charge is -2.29. The molecule has 0 radical (unpaired) electrons. The van der Waals surface area contributed by atoms with E-state index in [1.54, 1.807) is 13.8 Å². The highest BCUT2D eigenvalue weighted by atomic mass is 19.3. The molecule has 1 fully saturated rings. The normalized spacial score (nSPS) is 17.0. The van der Waals surface area contributed by atoms with Gasteiger partial charge in [-0.15, -0.1) is 0 Å². The molecule has 0 aromatic carbocycles. The first-order valence-electron chi connectivity index (χ1n) is 10.6. The molecular formula is C21H32F2N2O7. The highest BCUT2D eigenvalue weighted by molar-refractivity contribution is 6.35. The minimum absolute atomic E-state index is 0.0154. The summed E-state index contributed by atoms with van der Waals surface area (Å²) in [6, 6.07) is -3.06. The lowest BCUT2D eigenvalue weighted by Crippen LogP contribution is -2.53. The molecular weight excluding hydrogens is 430 g/mol. The fourth-order valence-corrected chi connectivity index (χ4v) is 4.04. The van der Waals surface area contributed by atoms with Crippen LogP contribution in [0.2, 0.25) is 0 Å². The van der Waals surface area contributed by atoms with Crippen LogP contribution in [0.5, 0.6) is 0 Å². The van der Waals surface area contributed by atoms with Crippen LogP contribution in [0.25, 0.3) is 0 Å². The Bertz CT molecular complexity index is 706. The summed E-state index contributed by atoms with van der Waals surface area (Å²) in [6.07, 6.45) is -0.951. The minimum atomic E-state index is -3.01. The van der Waals surface area contributed by atoms with Crippen LogP contribution in [0, 0.1) is 11.3 Å². The van der Waals surface area contributed by atoms with E-state index in [0.29, 0.717) is 12.8 Å². The number of alkyl halides is 2. The second-order valence-electron chi connectivity index (χ2n) is 8.74. The van der Waals surface area contributed by atoms with Crippen LogP contribution in [0.4, 0.5) is 8.78 Å². The molecule has 11 heteroatoms. The van der Waals surface area contributed by atoms with Crippen molar-refractivity contribution in [1.29, 1.82) is 0 Å². The maximum atomic E-state index is 12.8. The summed E-state index contributed by atoms with van der Waals surface area (Å²) in [4.78, 5) is 59.9. The van der Waals surface area contributed by atoms with E-state index in [1.807, 2.05) is 5.32 Å². The molecule has 32 heavy (non-hydrogen) atoms. The molecule has 2 atom stereocenters. The first-order chi connectivity index (χ1) is 14.9. The molecule has 0 heterocycles. The van der Waals surface area contributed by atoms with Crippen molar-refractivity contribution in [3.8, 4) is 0 Å². The average Bonchev–Trinajstić information content (AvgIpc) is 3.12. The van der Waals surface area contributed by atoms with Crippen LogP contribution in [-0.4, -0.2) is 60.3 Å². The molecule has 2 amide bonds. The van der Waals surface area contributed by atoms with E-state index in [1.165, 1.54) is 7.11 Å². The Balaban J connectivity index is 2.92. The Kier molecular flexibility index (Phi) is 10.7. The number of aliphatic carboxylic acids is 1. The number of hydrogen-bond donors (Lipinski definition) is 3. The van der Waals surface area contributed by atoms with Crippen LogP contribution in [0.1, 0.15) is 65.2 Å². The van der Waals surface area contributed by atoms with Gasteiger partial charge in [-0.25, -0.2) is 13.6 Å². The predicted molar refractivity (Wildman–Crippen MR) is 109 cm³/mol. The van der Waals surface area contributed by atoms with E-state index in [0.717, 1.165) is 12.8 Å². The number of Topliss-reactive ketones (excluding diaryl/α,β-unsaturated/α-hetero) is 1. The number of hydrogen-bond acceptors (Lipinski definition) is 6. The van der Waals surface area contributed by atoms with Gasteiger partial charge in [-0.3, -0.25) is 19.2 Å². The maximum Gasteiger partial charge on any atom is 0.374 e. The largest absolute Gasteiger partial charge is 0.475 e. The van der Waals surface area contributed by atoms with Crippen molar-refractivity contribution in [2.24, 2.45) is 11.3 Å². The summed E-state index contributed by atoms with van der Waals surface area (Å²) >= 11 is 0. The molecule has 0 aromatic rings. The number of esters is 1. The van der Waals surface area contributed by atoms with Crippen LogP contribution in [0.15, 0.2) is 0 Å². The number of amides is 2. The molecule has 0 aliphatic heterocycles. The van der Waals surface area contributed by atoms with Crippen molar-refractivity contribution in [3.05, 3.63) is 0 Å². The van der Waals surface area contributed by atoms with Gasteiger partial charge in [0.2, 0.25) is 18.2 Å². The van der Waals surface area contributed by atoms with Crippen molar-refractivity contribution in [2.45, 2.75) is 83.7 Å². The third kappa shape index (κ3) is 8.88. The average molecular weight is 462 g/mol. The zero-order chi connectivity index (χ0) is 24.5. The minimum Gasteiger partial charge on any atom is -0.475 e. The van der Waals surface area contributed by atoms with Crippen LogP contribution in [-0.2, 0) is 28.7 Å². The third-order valence-electron chi connectivity index (χ3n) is 5.56. The van der Waals surface area contributed by atoms with Gasteiger partial charge >= 0.3 is 11.9 Å². The SMILES string of the molecule is COC(=O)CC1(CC(=O)N[C@H](CC(C)C)C(=O)N[C@H](CC(F)F)C(=O)C(=O)O)CCCC1. The molecule has 1 aliphatic carbocycles. The first kappa shape index (κ1) is 27.4. The van der Waals surface area contributed by atoms with Gasteiger partial charge < -0.3 is 20.5 Å². The Morgan fingerprint density at radius 2 is 1.56 bits per heavy atom. The number of carbonyl (C=O) groups is 5. The number of carboxylic acid groups (broad SMARTS) is 1. The Morgan fingerprint density at radius 1 is 0.969 bits per heavy atom.